The van der Waals surface area contributed by atoms with E-state index in [-0.39, 0.29) is 23.6 Å². The number of hydrogen-bond donors (Lipinski definition) is 0. The first kappa shape index (κ1) is 9.96. The summed E-state index contributed by atoms with van der Waals surface area (Å²) >= 11 is 0. The molecule has 72 valence electrons. The van der Waals surface area contributed by atoms with Crippen molar-refractivity contribution in [3.63, 3.8) is 0 Å². The molecule has 2 atom stereocenters. The summed E-state index contributed by atoms with van der Waals surface area (Å²) in [6.07, 6.45) is 1.98. The number of rotatable bonds is 1. The van der Waals surface area contributed by atoms with Gasteiger partial charge in [-0.05, 0) is 18.9 Å². The smallest absolute Gasteiger partial charge is 0.313 e. The second-order valence-electron chi connectivity index (χ2n) is 3.54. The highest BCUT2D eigenvalue weighted by Crippen LogP contribution is 2.29. The number of ether oxygens (including phenoxy) is 1. The number of carbonyl (C=O) groups excluding carboxylic acids is 2. The molecule has 0 saturated heterocycles. The number of carbonyl (C=O) groups is 2. The van der Waals surface area contributed by atoms with Gasteiger partial charge in [0.15, 0.2) is 5.78 Å². The molecule has 0 aromatic heterocycles. The Morgan fingerprint density at radius 1 is 1.62 bits per heavy atom. The molecule has 3 nitrogen and oxygen atoms in total. The van der Waals surface area contributed by atoms with Crippen molar-refractivity contribution >= 4 is 11.8 Å². The van der Waals surface area contributed by atoms with Crippen LogP contribution < -0.4 is 0 Å². The summed E-state index contributed by atoms with van der Waals surface area (Å²) in [6.45, 7) is 3.70. The van der Waals surface area contributed by atoms with Gasteiger partial charge in [0.25, 0.3) is 0 Å². The van der Waals surface area contributed by atoms with Gasteiger partial charge in [0.1, 0.15) is 0 Å². The van der Waals surface area contributed by atoms with Gasteiger partial charge in [-0.3, -0.25) is 9.59 Å². The van der Waals surface area contributed by atoms with E-state index >= 15 is 0 Å². The van der Waals surface area contributed by atoms with Crippen LogP contribution in [0.2, 0.25) is 0 Å². The van der Waals surface area contributed by atoms with Gasteiger partial charge in [0.2, 0.25) is 0 Å². The lowest BCUT2D eigenvalue weighted by Gasteiger charge is -2.25. The molecule has 0 aromatic rings. The maximum atomic E-state index is 11.3. The fourth-order valence-electron chi connectivity index (χ4n) is 1.83. The largest absolute Gasteiger partial charge is 0.469 e. The lowest BCUT2D eigenvalue weighted by molar-refractivity contribution is -0.146. The SMILES string of the molecule is COC(=O)[C@@H]1C(C)=CC(=O)C[C@@H]1C. The number of ketones is 1. The number of esters is 1. The zero-order valence-electron chi connectivity index (χ0n) is 8.16. The van der Waals surface area contributed by atoms with E-state index in [4.69, 9.17) is 0 Å². The normalized spacial score (nSPS) is 28.2. The average Bonchev–Trinajstić information content (AvgIpc) is 2.02. The fraction of sp³-hybridized carbons (Fsp3) is 0.600. The third-order valence-electron chi connectivity index (χ3n) is 2.43. The summed E-state index contributed by atoms with van der Waals surface area (Å²) in [6, 6.07) is 0. The Bertz CT molecular complexity index is 265. The highest BCUT2D eigenvalue weighted by Gasteiger charge is 2.32. The molecule has 1 rings (SSSR count). The van der Waals surface area contributed by atoms with Crippen LogP contribution in [0.1, 0.15) is 20.3 Å². The summed E-state index contributed by atoms with van der Waals surface area (Å²) in [4.78, 5) is 22.4. The van der Waals surface area contributed by atoms with Crippen LogP contribution in [0.5, 0.6) is 0 Å². The van der Waals surface area contributed by atoms with Gasteiger partial charge in [-0.1, -0.05) is 12.5 Å². The molecule has 0 saturated carbocycles. The van der Waals surface area contributed by atoms with E-state index in [1.807, 2.05) is 6.92 Å². The molecular formula is C10H14O3. The summed E-state index contributed by atoms with van der Waals surface area (Å²) in [5, 5.41) is 0. The van der Waals surface area contributed by atoms with Crippen molar-refractivity contribution < 1.29 is 14.3 Å². The Kier molecular flexibility index (Phi) is 2.86. The summed E-state index contributed by atoms with van der Waals surface area (Å²) in [5.74, 6) is -0.313. The molecular weight excluding hydrogens is 168 g/mol. The molecule has 0 heterocycles. The molecule has 0 aromatic carbocycles. The topological polar surface area (TPSA) is 43.4 Å². The maximum Gasteiger partial charge on any atom is 0.313 e. The van der Waals surface area contributed by atoms with Crippen LogP contribution in [0.3, 0.4) is 0 Å². The zero-order valence-corrected chi connectivity index (χ0v) is 8.16. The Balaban J connectivity index is 2.90. The van der Waals surface area contributed by atoms with Crippen molar-refractivity contribution in [2.45, 2.75) is 20.3 Å². The van der Waals surface area contributed by atoms with Crippen LogP contribution in [0, 0.1) is 11.8 Å². The first-order valence-corrected chi connectivity index (χ1v) is 4.35. The Labute approximate surface area is 77.8 Å². The van der Waals surface area contributed by atoms with Gasteiger partial charge in [-0.15, -0.1) is 0 Å². The maximum absolute atomic E-state index is 11.3. The predicted molar refractivity (Wildman–Crippen MR) is 48.1 cm³/mol. The molecule has 1 aliphatic carbocycles. The number of methoxy groups -OCH3 is 1. The van der Waals surface area contributed by atoms with Crippen LogP contribution in [0.15, 0.2) is 11.6 Å². The fourth-order valence-corrected chi connectivity index (χ4v) is 1.83. The van der Waals surface area contributed by atoms with Gasteiger partial charge >= 0.3 is 5.97 Å². The first-order valence-electron chi connectivity index (χ1n) is 4.35. The van der Waals surface area contributed by atoms with E-state index in [9.17, 15) is 9.59 Å². The van der Waals surface area contributed by atoms with Crippen molar-refractivity contribution in [1.82, 2.24) is 0 Å². The van der Waals surface area contributed by atoms with Gasteiger partial charge in [0.05, 0.1) is 13.0 Å². The van der Waals surface area contributed by atoms with E-state index in [1.165, 1.54) is 7.11 Å². The van der Waals surface area contributed by atoms with Gasteiger partial charge in [0, 0.05) is 6.42 Å². The highest BCUT2D eigenvalue weighted by molar-refractivity contribution is 5.94. The molecule has 0 unspecified atom stereocenters. The first-order chi connectivity index (χ1) is 6.06. The second-order valence-corrected chi connectivity index (χ2v) is 3.54. The third kappa shape index (κ3) is 1.97. The summed E-state index contributed by atoms with van der Waals surface area (Å²) < 4.78 is 4.67. The molecule has 0 aliphatic heterocycles. The minimum Gasteiger partial charge on any atom is -0.469 e. The molecule has 0 amide bonds. The lowest BCUT2D eigenvalue weighted by atomic mass is 9.80. The van der Waals surface area contributed by atoms with E-state index in [1.54, 1.807) is 13.0 Å². The van der Waals surface area contributed by atoms with E-state index in [0.717, 1.165) is 5.57 Å². The molecule has 0 radical (unpaired) electrons. The van der Waals surface area contributed by atoms with Gasteiger partial charge < -0.3 is 4.74 Å². The minimum atomic E-state index is -0.242. The van der Waals surface area contributed by atoms with Crippen molar-refractivity contribution in [1.29, 1.82) is 0 Å². The zero-order chi connectivity index (χ0) is 10.0. The molecule has 13 heavy (non-hydrogen) atoms. The monoisotopic (exact) mass is 182 g/mol. The van der Waals surface area contributed by atoms with Crippen LogP contribution in [-0.4, -0.2) is 18.9 Å². The molecule has 0 spiro atoms. The highest BCUT2D eigenvalue weighted by atomic mass is 16.5. The summed E-state index contributed by atoms with van der Waals surface area (Å²) in [5.41, 5.74) is 0.815. The molecule has 0 fully saturated rings. The Morgan fingerprint density at radius 3 is 2.69 bits per heavy atom. The van der Waals surface area contributed by atoms with Gasteiger partial charge in [-0.2, -0.15) is 0 Å². The standard InChI is InChI=1S/C10H14O3/c1-6-4-8(11)5-7(2)9(6)10(12)13-3/h4,7,9H,5H2,1-3H3/t7-,9+/m0/s1. The van der Waals surface area contributed by atoms with Crippen LogP contribution in [0.25, 0.3) is 0 Å². The van der Waals surface area contributed by atoms with Crippen LogP contribution in [0.4, 0.5) is 0 Å². The lowest BCUT2D eigenvalue weighted by Crippen LogP contribution is -2.29. The van der Waals surface area contributed by atoms with Crippen molar-refractivity contribution in [3.8, 4) is 0 Å². The third-order valence-corrected chi connectivity index (χ3v) is 2.43. The molecule has 0 N–H and O–H groups in total. The van der Waals surface area contributed by atoms with E-state index in [2.05, 4.69) is 4.74 Å². The summed E-state index contributed by atoms with van der Waals surface area (Å²) in [7, 11) is 1.37. The van der Waals surface area contributed by atoms with Crippen molar-refractivity contribution in [3.05, 3.63) is 11.6 Å². The van der Waals surface area contributed by atoms with E-state index < -0.39 is 0 Å². The number of hydrogen-bond acceptors (Lipinski definition) is 3. The average molecular weight is 182 g/mol. The quantitative estimate of drug-likeness (QED) is 0.574. The number of allylic oxidation sites excluding steroid dienone is 1. The minimum absolute atomic E-state index is 0.0601. The Hall–Kier alpha value is -1.12. The molecule has 1 aliphatic rings. The van der Waals surface area contributed by atoms with Crippen LogP contribution >= 0.6 is 0 Å². The van der Waals surface area contributed by atoms with Crippen molar-refractivity contribution in [2.24, 2.45) is 11.8 Å². The predicted octanol–water partition coefficient (Wildman–Crippen LogP) is 1.33. The van der Waals surface area contributed by atoms with Crippen molar-refractivity contribution in [2.75, 3.05) is 7.11 Å². The molecule has 0 bridgehead atoms. The second kappa shape index (κ2) is 3.73. The van der Waals surface area contributed by atoms with Gasteiger partial charge in [-0.25, -0.2) is 0 Å². The Morgan fingerprint density at radius 2 is 2.23 bits per heavy atom. The van der Waals surface area contributed by atoms with Crippen LogP contribution in [-0.2, 0) is 14.3 Å². The van der Waals surface area contributed by atoms with E-state index in [0.29, 0.717) is 6.42 Å². The molecule has 3 heteroatoms.